The largest absolute Gasteiger partial charge is 0.352 e. The fourth-order valence-electron chi connectivity index (χ4n) is 4.12. The molecule has 5 heteroatoms. The minimum Gasteiger partial charge on any atom is -0.352 e. The summed E-state index contributed by atoms with van der Waals surface area (Å²) < 4.78 is 2.29. The number of rotatable bonds is 4. The van der Waals surface area contributed by atoms with Gasteiger partial charge in [-0.25, -0.2) is 4.98 Å². The highest BCUT2D eigenvalue weighted by atomic mass is 15.0. The fraction of sp³-hybridized carbons (Fsp3) is 0.179. The molecule has 0 saturated heterocycles. The summed E-state index contributed by atoms with van der Waals surface area (Å²) >= 11 is 0. The van der Waals surface area contributed by atoms with Gasteiger partial charge in [0.25, 0.3) is 0 Å². The zero-order valence-electron chi connectivity index (χ0n) is 18.8. The molecule has 0 bridgehead atoms. The summed E-state index contributed by atoms with van der Waals surface area (Å²) in [5.74, 6) is 0. The Morgan fingerprint density at radius 3 is 2.52 bits per heavy atom. The molecule has 2 aromatic carbocycles. The van der Waals surface area contributed by atoms with Crippen LogP contribution < -0.4 is 10.7 Å². The molecule has 0 spiro atoms. The Morgan fingerprint density at radius 1 is 0.939 bits per heavy atom. The van der Waals surface area contributed by atoms with E-state index in [2.05, 4.69) is 76.4 Å². The summed E-state index contributed by atoms with van der Waals surface area (Å²) in [6.45, 7) is 4.11. The van der Waals surface area contributed by atoms with Crippen molar-refractivity contribution in [1.29, 1.82) is 0 Å². The number of hydrogen-bond acceptors (Lipinski definition) is 4. The lowest BCUT2D eigenvalue weighted by atomic mass is 10.1. The number of pyridine rings is 1. The SMILES string of the molecule is Cc1ccc(-n2c3c/c(=N\C4CC4)c(Nc4ccc(C)nc4)cc-3nc3ccccc32)cc1. The van der Waals surface area contributed by atoms with E-state index in [-0.39, 0.29) is 0 Å². The number of nitrogens with zero attached hydrogens (tertiary/aromatic N) is 4. The van der Waals surface area contributed by atoms with Crippen LogP contribution in [0.4, 0.5) is 11.4 Å². The zero-order chi connectivity index (χ0) is 22.4. The number of fused-ring (bicyclic) bond motifs is 2. The Bertz CT molecular complexity index is 1490. The molecule has 0 radical (unpaired) electrons. The molecule has 162 valence electrons. The zero-order valence-corrected chi connectivity index (χ0v) is 18.8. The molecule has 1 aliphatic heterocycles. The van der Waals surface area contributed by atoms with Crippen LogP contribution in [-0.2, 0) is 0 Å². The lowest BCUT2D eigenvalue weighted by Gasteiger charge is -2.20. The van der Waals surface area contributed by atoms with Gasteiger partial charge in [0.2, 0.25) is 0 Å². The van der Waals surface area contributed by atoms with E-state index in [1.807, 2.05) is 31.3 Å². The number of benzene rings is 3. The molecule has 2 heterocycles. The van der Waals surface area contributed by atoms with Crippen molar-refractivity contribution in [2.45, 2.75) is 32.7 Å². The van der Waals surface area contributed by atoms with E-state index in [4.69, 9.17) is 9.98 Å². The predicted molar refractivity (Wildman–Crippen MR) is 133 cm³/mol. The number of hydrogen-bond donors (Lipinski definition) is 1. The summed E-state index contributed by atoms with van der Waals surface area (Å²) in [7, 11) is 0. The number of anilines is 2. The molecule has 1 N–H and O–H groups in total. The Morgan fingerprint density at radius 2 is 1.76 bits per heavy atom. The lowest BCUT2D eigenvalue weighted by molar-refractivity contribution is 0.997. The van der Waals surface area contributed by atoms with E-state index in [1.165, 1.54) is 5.56 Å². The van der Waals surface area contributed by atoms with Crippen molar-refractivity contribution in [3.63, 3.8) is 0 Å². The summed E-state index contributed by atoms with van der Waals surface area (Å²) in [6.07, 6.45) is 4.16. The molecule has 3 aliphatic rings. The van der Waals surface area contributed by atoms with Crippen LogP contribution in [0, 0.1) is 13.8 Å². The first-order valence-corrected chi connectivity index (χ1v) is 11.4. The number of aromatic nitrogens is 3. The maximum absolute atomic E-state index is 5.04. The number of para-hydroxylation sites is 2. The normalized spacial score (nSPS) is 14.2. The third kappa shape index (κ3) is 3.87. The third-order valence-corrected chi connectivity index (χ3v) is 6.05. The topological polar surface area (TPSA) is 55.1 Å². The monoisotopic (exact) mass is 431 g/mol. The molecule has 0 amide bonds. The molecule has 33 heavy (non-hydrogen) atoms. The first-order chi connectivity index (χ1) is 16.1. The van der Waals surface area contributed by atoms with Crippen LogP contribution in [0.3, 0.4) is 0 Å². The molecule has 3 aromatic rings. The molecule has 5 nitrogen and oxygen atoms in total. The van der Waals surface area contributed by atoms with E-state index in [0.29, 0.717) is 6.04 Å². The van der Waals surface area contributed by atoms with E-state index in [9.17, 15) is 0 Å². The van der Waals surface area contributed by atoms with Gasteiger partial charge < -0.3 is 9.88 Å². The van der Waals surface area contributed by atoms with Crippen LogP contribution in [0.5, 0.6) is 0 Å². The Kier molecular flexibility index (Phi) is 4.68. The van der Waals surface area contributed by atoms with Gasteiger partial charge in [0, 0.05) is 11.4 Å². The third-order valence-electron chi connectivity index (χ3n) is 6.05. The Labute approximate surface area is 192 Å². The van der Waals surface area contributed by atoms with Gasteiger partial charge in [-0.15, -0.1) is 0 Å². The van der Waals surface area contributed by atoms with Crippen molar-refractivity contribution >= 4 is 22.4 Å². The second kappa shape index (κ2) is 7.85. The van der Waals surface area contributed by atoms with Crippen LogP contribution in [0.2, 0.25) is 0 Å². The maximum atomic E-state index is 5.04. The summed E-state index contributed by atoms with van der Waals surface area (Å²) in [6, 6.07) is 25.7. The molecule has 2 aliphatic carbocycles. The molecular weight excluding hydrogens is 406 g/mol. The van der Waals surface area contributed by atoms with E-state index < -0.39 is 0 Å². The van der Waals surface area contributed by atoms with Gasteiger partial charge in [0.1, 0.15) is 0 Å². The smallest absolute Gasteiger partial charge is 0.0900 e. The van der Waals surface area contributed by atoms with Crippen LogP contribution in [-0.4, -0.2) is 20.6 Å². The van der Waals surface area contributed by atoms with Crippen molar-refractivity contribution < 1.29 is 0 Å². The van der Waals surface area contributed by atoms with Gasteiger partial charge in [-0.3, -0.25) is 9.98 Å². The Hall–Kier alpha value is -3.99. The molecule has 0 atom stereocenters. The highest BCUT2D eigenvalue weighted by molar-refractivity contribution is 5.84. The molecule has 6 rings (SSSR count). The summed E-state index contributed by atoms with van der Waals surface area (Å²) in [5.41, 5.74) is 9.26. The standard InChI is InChI=1S/C28H25N5/c1-18-7-13-22(14-8-18)33-27-6-4-3-5-23(27)32-26-15-24(31-21-10-9-19(2)29-17-21)25(16-28(26)33)30-20-11-12-20/h3-10,13-17,20,31H,11-12H2,1-2H3/b30-25+. The first-order valence-electron chi connectivity index (χ1n) is 11.4. The fourth-order valence-corrected chi connectivity index (χ4v) is 4.12. The molecule has 1 aromatic heterocycles. The van der Waals surface area contributed by atoms with Crippen molar-refractivity contribution in [3.8, 4) is 17.1 Å². The molecule has 1 fully saturated rings. The van der Waals surface area contributed by atoms with E-state index in [0.717, 1.165) is 63.4 Å². The second-order valence-corrected chi connectivity index (χ2v) is 8.80. The molecular formula is C28H25N5. The second-order valence-electron chi connectivity index (χ2n) is 8.80. The number of aryl methyl sites for hydroxylation is 2. The van der Waals surface area contributed by atoms with Crippen LogP contribution in [0.15, 0.2) is 84.0 Å². The quantitative estimate of drug-likeness (QED) is 0.358. The van der Waals surface area contributed by atoms with Crippen molar-refractivity contribution in [2.24, 2.45) is 4.99 Å². The van der Waals surface area contributed by atoms with Gasteiger partial charge in [-0.05, 0) is 75.2 Å². The summed E-state index contributed by atoms with van der Waals surface area (Å²) in [5, 5.41) is 4.50. The van der Waals surface area contributed by atoms with Crippen molar-refractivity contribution in [3.05, 3.63) is 95.6 Å². The lowest BCUT2D eigenvalue weighted by Crippen LogP contribution is -2.15. The predicted octanol–water partition coefficient (Wildman–Crippen LogP) is 5.95. The van der Waals surface area contributed by atoms with Gasteiger partial charge in [-0.2, -0.15) is 0 Å². The van der Waals surface area contributed by atoms with Gasteiger partial charge in [0.05, 0.1) is 51.4 Å². The first kappa shape index (κ1) is 19.7. The summed E-state index contributed by atoms with van der Waals surface area (Å²) in [4.78, 5) is 14.5. The Balaban J connectivity index is 1.62. The minimum atomic E-state index is 0.403. The minimum absolute atomic E-state index is 0.403. The highest BCUT2D eigenvalue weighted by Crippen LogP contribution is 2.31. The maximum Gasteiger partial charge on any atom is 0.0900 e. The van der Waals surface area contributed by atoms with Crippen LogP contribution in [0.1, 0.15) is 24.1 Å². The van der Waals surface area contributed by atoms with Crippen molar-refractivity contribution in [2.75, 3.05) is 5.32 Å². The number of nitrogens with one attached hydrogen (secondary N) is 1. The molecule has 1 saturated carbocycles. The average Bonchev–Trinajstić information content (AvgIpc) is 3.64. The highest BCUT2D eigenvalue weighted by Gasteiger charge is 2.21. The van der Waals surface area contributed by atoms with Crippen LogP contribution in [0.25, 0.3) is 28.1 Å². The van der Waals surface area contributed by atoms with E-state index >= 15 is 0 Å². The van der Waals surface area contributed by atoms with Gasteiger partial charge in [-0.1, -0.05) is 29.8 Å². The average molecular weight is 432 g/mol. The molecule has 0 unspecified atom stereocenters. The van der Waals surface area contributed by atoms with E-state index in [1.54, 1.807) is 0 Å². The van der Waals surface area contributed by atoms with Gasteiger partial charge >= 0.3 is 0 Å². The van der Waals surface area contributed by atoms with Crippen LogP contribution >= 0.6 is 0 Å². The van der Waals surface area contributed by atoms with Gasteiger partial charge in [0.15, 0.2) is 0 Å². The van der Waals surface area contributed by atoms with Crippen molar-refractivity contribution in [1.82, 2.24) is 14.5 Å².